The van der Waals surface area contributed by atoms with Crippen molar-refractivity contribution in [3.8, 4) is 0 Å². The van der Waals surface area contributed by atoms with E-state index in [1.807, 2.05) is 13.8 Å². The molecule has 0 aliphatic carbocycles. The molecule has 1 saturated heterocycles. The molecule has 1 fully saturated rings. The number of ether oxygens (including phenoxy) is 1. The van der Waals surface area contributed by atoms with Crippen molar-refractivity contribution in [1.29, 1.82) is 0 Å². The largest absolute Gasteiger partial charge is 0.389 e. The Hall–Kier alpha value is -1.31. The third kappa shape index (κ3) is 4.33. The van der Waals surface area contributed by atoms with Gasteiger partial charge in [0.2, 0.25) is 0 Å². The maximum Gasteiger partial charge on any atom is 0.159 e. The maximum atomic E-state index is 5.81. The van der Waals surface area contributed by atoms with Gasteiger partial charge in [-0.1, -0.05) is 12.2 Å². The van der Waals surface area contributed by atoms with E-state index in [1.165, 1.54) is 0 Å². The van der Waals surface area contributed by atoms with Crippen molar-refractivity contribution in [2.45, 2.75) is 20.3 Å². The molecule has 0 unspecified atom stereocenters. The number of aromatic nitrogens is 2. The van der Waals surface area contributed by atoms with Gasteiger partial charge in [-0.05, 0) is 32.4 Å². The number of nitrogens with one attached hydrogen (secondary N) is 1. The number of thiocarbonyl (C=S) groups is 1. The second-order valence-electron chi connectivity index (χ2n) is 5.23. The number of hydrogen-bond donors (Lipinski definition) is 2. The van der Waals surface area contributed by atoms with Crippen LogP contribution in [0.5, 0.6) is 0 Å². The minimum absolute atomic E-state index is 0.362. The first-order valence-corrected chi connectivity index (χ1v) is 7.68. The molecule has 1 aromatic heterocycles. The Kier molecular flexibility index (Phi) is 5.84. The first-order valence-electron chi connectivity index (χ1n) is 7.27. The van der Waals surface area contributed by atoms with Crippen molar-refractivity contribution < 1.29 is 4.74 Å². The van der Waals surface area contributed by atoms with E-state index >= 15 is 0 Å². The Labute approximate surface area is 131 Å². The Morgan fingerprint density at radius 3 is 2.71 bits per heavy atom. The van der Waals surface area contributed by atoms with E-state index in [1.54, 1.807) is 0 Å². The fraction of sp³-hybridized carbons (Fsp3) is 0.643. The van der Waals surface area contributed by atoms with E-state index in [9.17, 15) is 0 Å². The molecule has 7 heteroatoms. The summed E-state index contributed by atoms with van der Waals surface area (Å²) in [5, 5.41) is 11.6. The van der Waals surface area contributed by atoms with Crippen molar-refractivity contribution in [1.82, 2.24) is 15.1 Å². The van der Waals surface area contributed by atoms with Crippen LogP contribution in [-0.2, 0) is 4.74 Å². The molecule has 0 radical (unpaired) electrons. The van der Waals surface area contributed by atoms with Gasteiger partial charge in [0.15, 0.2) is 5.82 Å². The monoisotopic (exact) mass is 309 g/mol. The van der Waals surface area contributed by atoms with Crippen molar-refractivity contribution in [3.63, 3.8) is 0 Å². The summed E-state index contributed by atoms with van der Waals surface area (Å²) in [5.74, 6) is 0.688. The molecule has 1 aliphatic rings. The lowest BCUT2D eigenvalue weighted by atomic mass is 10.1. The molecule has 0 amide bonds. The molecular weight excluding hydrogens is 286 g/mol. The van der Waals surface area contributed by atoms with E-state index in [-0.39, 0.29) is 0 Å². The number of anilines is 1. The highest BCUT2D eigenvalue weighted by Gasteiger charge is 2.14. The predicted molar refractivity (Wildman–Crippen MR) is 87.8 cm³/mol. The summed E-state index contributed by atoms with van der Waals surface area (Å²) in [7, 11) is 0. The molecule has 21 heavy (non-hydrogen) atoms. The fourth-order valence-corrected chi connectivity index (χ4v) is 2.62. The van der Waals surface area contributed by atoms with Crippen molar-refractivity contribution in [3.05, 3.63) is 16.8 Å². The zero-order valence-corrected chi connectivity index (χ0v) is 13.5. The second-order valence-corrected chi connectivity index (χ2v) is 5.67. The SMILES string of the molecule is Cc1nnc(NCCCN2CCOCC2)c(C(N)=S)c1C. The van der Waals surface area contributed by atoms with Crippen LogP contribution in [0.1, 0.15) is 23.2 Å². The predicted octanol–water partition coefficient (Wildman–Crippen LogP) is 0.862. The molecule has 2 heterocycles. The minimum Gasteiger partial charge on any atom is -0.389 e. The van der Waals surface area contributed by atoms with E-state index in [0.717, 1.165) is 62.6 Å². The summed E-state index contributed by atoms with van der Waals surface area (Å²) in [6.45, 7) is 9.46. The topological polar surface area (TPSA) is 76.3 Å². The Bertz CT molecular complexity index is 502. The van der Waals surface area contributed by atoms with Crippen molar-refractivity contribution in [2.75, 3.05) is 44.7 Å². The van der Waals surface area contributed by atoms with Gasteiger partial charge in [0.25, 0.3) is 0 Å². The number of nitrogens with zero attached hydrogens (tertiary/aromatic N) is 3. The summed E-state index contributed by atoms with van der Waals surface area (Å²) in [4.78, 5) is 2.77. The lowest BCUT2D eigenvalue weighted by Gasteiger charge is -2.26. The molecule has 116 valence electrons. The zero-order valence-electron chi connectivity index (χ0n) is 12.7. The van der Waals surface area contributed by atoms with Crippen LogP contribution in [0.3, 0.4) is 0 Å². The van der Waals surface area contributed by atoms with Crippen LogP contribution in [-0.4, -0.2) is 59.5 Å². The summed E-state index contributed by atoms with van der Waals surface area (Å²) < 4.78 is 5.34. The number of hydrogen-bond acceptors (Lipinski definition) is 6. The third-order valence-corrected chi connectivity index (χ3v) is 3.95. The lowest BCUT2D eigenvalue weighted by molar-refractivity contribution is 0.0378. The summed E-state index contributed by atoms with van der Waals surface area (Å²) in [6.07, 6.45) is 1.03. The second kappa shape index (κ2) is 7.63. The molecule has 0 atom stereocenters. The first kappa shape index (κ1) is 16.1. The van der Waals surface area contributed by atoms with Gasteiger partial charge in [-0.25, -0.2) is 0 Å². The third-order valence-electron chi connectivity index (χ3n) is 3.75. The van der Waals surface area contributed by atoms with Crippen LogP contribution in [0.4, 0.5) is 5.82 Å². The molecule has 6 nitrogen and oxygen atoms in total. The summed E-state index contributed by atoms with van der Waals surface area (Å²) in [5.41, 5.74) is 8.47. The van der Waals surface area contributed by atoms with Crippen LogP contribution in [0.2, 0.25) is 0 Å². The van der Waals surface area contributed by atoms with Crippen molar-refractivity contribution >= 4 is 23.0 Å². The Morgan fingerprint density at radius 2 is 2.05 bits per heavy atom. The number of nitrogens with two attached hydrogens (primary N) is 1. The number of aryl methyl sites for hydroxylation is 1. The summed E-state index contributed by atoms with van der Waals surface area (Å²) >= 11 is 5.13. The van der Waals surface area contributed by atoms with Crippen LogP contribution >= 0.6 is 12.2 Å². The van der Waals surface area contributed by atoms with Gasteiger partial charge in [-0.15, -0.1) is 5.10 Å². The van der Waals surface area contributed by atoms with Crippen LogP contribution in [0.25, 0.3) is 0 Å². The Morgan fingerprint density at radius 1 is 1.33 bits per heavy atom. The maximum absolute atomic E-state index is 5.81. The quantitative estimate of drug-likeness (QED) is 0.596. The molecule has 0 saturated carbocycles. The highest BCUT2D eigenvalue weighted by molar-refractivity contribution is 7.80. The lowest BCUT2D eigenvalue weighted by Crippen LogP contribution is -2.37. The van der Waals surface area contributed by atoms with Crippen LogP contribution in [0.15, 0.2) is 0 Å². The highest BCUT2D eigenvalue weighted by atomic mass is 32.1. The van der Waals surface area contributed by atoms with Crippen LogP contribution < -0.4 is 11.1 Å². The normalized spacial score (nSPS) is 15.9. The van der Waals surface area contributed by atoms with Gasteiger partial charge < -0.3 is 15.8 Å². The first-order chi connectivity index (χ1) is 10.1. The smallest absolute Gasteiger partial charge is 0.159 e. The van der Waals surface area contributed by atoms with E-state index in [0.29, 0.717) is 10.8 Å². The van der Waals surface area contributed by atoms with Gasteiger partial charge in [-0.2, -0.15) is 5.10 Å². The molecule has 0 spiro atoms. The van der Waals surface area contributed by atoms with Gasteiger partial charge in [0.05, 0.1) is 24.5 Å². The average molecular weight is 309 g/mol. The molecule has 1 aliphatic heterocycles. The average Bonchev–Trinajstić information content (AvgIpc) is 2.48. The molecule has 3 N–H and O–H groups in total. The number of rotatable bonds is 6. The molecule has 0 bridgehead atoms. The van der Waals surface area contributed by atoms with Crippen LogP contribution in [0, 0.1) is 13.8 Å². The standard InChI is InChI=1S/C14H23N5OS/c1-10-11(2)17-18-14(12(10)13(15)21)16-4-3-5-19-6-8-20-9-7-19/h3-9H2,1-2H3,(H2,15,21)(H,16,18). The molecule has 1 aromatic rings. The highest BCUT2D eigenvalue weighted by Crippen LogP contribution is 2.18. The van der Waals surface area contributed by atoms with Crippen molar-refractivity contribution in [2.24, 2.45) is 5.73 Å². The zero-order chi connectivity index (χ0) is 15.2. The molecular formula is C14H23N5OS. The Balaban J connectivity index is 1.88. The van der Waals surface area contributed by atoms with Gasteiger partial charge in [0.1, 0.15) is 4.99 Å². The molecule has 0 aromatic carbocycles. The molecule has 2 rings (SSSR count). The van der Waals surface area contributed by atoms with E-state index < -0.39 is 0 Å². The van der Waals surface area contributed by atoms with E-state index in [4.69, 9.17) is 22.7 Å². The fourth-order valence-electron chi connectivity index (χ4n) is 2.37. The van der Waals surface area contributed by atoms with E-state index in [2.05, 4.69) is 20.4 Å². The summed E-state index contributed by atoms with van der Waals surface area (Å²) in [6, 6.07) is 0. The van der Waals surface area contributed by atoms with Gasteiger partial charge in [0, 0.05) is 19.6 Å². The van der Waals surface area contributed by atoms with Gasteiger partial charge >= 0.3 is 0 Å². The minimum atomic E-state index is 0.362. The van der Waals surface area contributed by atoms with Gasteiger partial charge in [-0.3, -0.25) is 4.90 Å². The number of morpholine rings is 1.